The lowest BCUT2D eigenvalue weighted by Gasteiger charge is -2.35. The normalized spacial score (nSPS) is 14.1. The molecule has 0 spiro atoms. The fourth-order valence-corrected chi connectivity index (χ4v) is 13.1. The molecule has 3 aromatic heterocycles. The number of benzene rings is 7. The number of para-hydroxylation sites is 2. The zero-order valence-electron chi connectivity index (χ0n) is 32.2. The van der Waals surface area contributed by atoms with Crippen LogP contribution in [-0.4, -0.2) is 11.3 Å². The van der Waals surface area contributed by atoms with Crippen LogP contribution >= 0.6 is 34.9 Å². The molecule has 0 fully saturated rings. The van der Waals surface area contributed by atoms with E-state index in [1.165, 1.54) is 100 Å². The van der Waals surface area contributed by atoms with E-state index in [1.807, 2.05) is 34.9 Å². The zero-order valence-corrected chi connectivity index (χ0v) is 34.7. The SMILES string of the molecule is CC(C)(C)c1ccc2c(c1)B1c3cc(C(C)(C)C)ccc3Sc3cc(-n4c5ccccc5c5c6sc7ccccc7c6c6oc7ccccc7c6c54)cc(c31)S2. The molecule has 0 radical (unpaired) electrons. The van der Waals surface area contributed by atoms with Crippen molar-refractivity contribution in [1.29, 1.82) is 0 Å². The molecule has 0 aliphatic carbocycles. The minimum absolute atomic E-state index is 0.0606. The third-order valence-corrected chi connectivity index (χ3v) is 15.7. The lowest BCUT2D eigenvalue weighted by molar-refractivity contribution is 0.590. The van der Waals surface area contributed by atoms with Gasteiger partial charge in [-0.3, -0.25) is 0 Å². The summed E-state index contributed by atoms with van der Waals surface area (Å²) in [6, 6.07) is 45.9. The van der Waals surface area contributed by atoms with Crippen molar-refractivity contribution in [3.8, 4) is 5.69 Å². The van der Waals surface area contributed by atoms with Gasteiger partial charge < -0.3 is 8.98 Å². The van der Waals surface area contributed by atoms with E-state index in [0.717, 1.165) is 16.6 Å². The van der Waals surface area contributed by atoms with Crippen LogP contribution in [0.2, 0.25) is 0 Å². The monoisotopic (exact) mass is 775 g/mol. The second-order valence-electron chi connectivity index (χ2n) is 17.7. The van der Waals surface area contributed by atoms with Crippen molar-refractivity contribution in [2.24, 2.45) is 0 Å². The second-order valence-corrected chi connectivity index (χ2v) is 20.9. The Morgan fingerprint density at radius 1 is 0.554 bits per heavy atom. The molecule has 0 saturated carbocycles. The second kappa shape index (κ2) is 11.4. The van der Waals surface area contributed by atoms with E-state index in [1.54, 1.807) is 0 Å². The molecule has 2 nitrogen and oxygen atoms in total. The molecule has 7 aromatic carbocycles. The molecule has 0 saturated heterocycles. The summed E-state index contributed by atoms with van der Waals surface area (Å²) in [6.45, 7) is 14.2. The highest BCUT2D eigenvalue weighted by Crippen LogP contribution is 2.51. The fourth-order valence-electron chi connectivity index (χ4n) is 9.43. The van der Waals surface area contributed by atoms with Crippen molar-refractivity contribution in [2.75, 3.05) is 0 Å². The summed E-state index contributed by atoms with van der Waals surface area (Å²) in [7, 11) is 0. The number of hydrogen-bond donors (Lipinski definition) is 0. The fraction of sp³-hybridized carbons (Fsp3) is 0.160. The lowest BCUT2D eigenvalue weighted by atomic mass is 9.36. The molecule has 0 bridgehead atoms. The predicted molar refractivity (Wildman–Crippen MR) is 244 cm³/mol. The number of fused-ring (bicyclic) bond motifs is 16. The van der Waals surface area contributed by atoms with Crippen LogP contribution in [0, 0.1) is 0 Å². The van der Waals surface area contributed by atoms with E-state index in [0.29, 0.717) is 0 Å². The third kappa shape index (κ3) is 4.55. The van der Waals surface area contributed by atoms with Gasteiger partial charge in [0, 0.05) is 61.6 Å². The van der Waals surface area contributed by atoms with Crippen molar-refractivity contribution in [3.05, 3.63) is 132 Å². The van der Waals surface area contributed by atoms with Gasteiger partial charge in [-0.15, -0.1) is 11.3 Å². The minimum atomic E-state index is 0.0606. The average molecular weight is 776 g/mol. The Morgan fingerprint density at radius 3 is 1.80 bits per heavy atom. The smallest absolute Gasteiger partial charge is 0.247 e. The molecule has 6 heteroatoms. The Labute approximate surface area is 339 Å². The van der Waals surface area contributed by atoms with Crippen molar-refractivity contribution in [3.63, 3.8) is 0 Å². The van der Waals surface area contributed by atoms with Crippen molar-refractivity contribution < 1.29 is 4.42 Å². The van der Waals surface area contributed by atoms with E-state index in [4.69, 9.17) is 4.42 Å². The summed E-state index contributed by atoms with van der Waals surface area (Å²) < 4.78 is 12.0. The Morgan fingerprint density at radius 2 is 1.14 bits per heavy atom. The van der Waals surface area contributed by atoms with Gasteiger partial charge >= 0.3 is 0 Å². The van der Waals surface area contributed by atoms with Crippen LogP contribution in [0.1, 0.15) is 52.7 Å². The predicted octanol–water partition coefficient (Wildman–Crippen LogP) is 13.1. The maximum Gasteiger partial charge on any atom is 0.247 e. The quantitative estimate of drug-likeness (QED) is 0.155. The topological polar surface area (TPSA) is 18.1 Å². The van der Waals surface area contributed by atoms with Gasteiger partial charge in [-0.25, -0.2) is 0 Å². The minimum Gasteiger partial charge on any atom is -0.455 e. The molecule has 0 atom stereocenters. The first-order chi connectivity index (χ1) is 27.0. The summed E-state index contributed by atoms with van der Waals surface area (Å²) in [5.41, 5.74) is 12.8. The Bertz CT molecular complexity index is 3230. The summed E-state index contributed by atoms with van der Waals surface area (Å²) in [5.74, 6) is 0. The maximum atomic E-state index is 6.92. The van der Waals surface area contributed by atoms with Crippen LogP contribution in [-0.2, 0) is 10.8 Å². The van der Waals surface area contributed by atoms with E-state index in [-0.39, 0.29) is 17.5 Å². The average Bonchev–Trinajstić information content (AvgIpc) is 3.86. The highest BCUT2D eigenvalue weighted by Gasteiger charge is 2.40. The standard InChI is InChI=1S/C50H38BNOS3/c1-49(2,3)27-19-21-38-33(23-27)51-34-24-28(50(4,5)6)20-22-39(34)55-41-26-29(25-40(54-38)45(41)51)52-35-16-10-7-13-30(35)43-46(52)42-31-14-8-11-17-36(31)53-47(42)44-32-15-9-12-18-37(32)56-48(43)44/h7-26H,1-6H3. The molecule has 0 amide bonds. The molecule has 56 heavy (non-hydrogen) atoms. The van der Waals surface area contributed by atoms with Crippen LogP contribution in [0.25, 0.3) is 69.6 Å². The number of furan rings is 1. The van der Waals surface area contributed by atoms with Gasteiger partial charge in [-0.1, -0.05) is 155 Å². The highest BCUT2D eigenvalue weighted by molar-refractivity contribution is 8.01. The van der Waals surface area contributed by atoms with Crippen LogP contribution in [0.15, 0.2) is 145 Å². The first-order valence-corrected chi connectivity index (χ1v) is 22.0. The summed E-state index contributed by atoms with van der Waals surface area (Å²) in [6.07, 6.45) is 0. The van der Waals surface area contributed by atoms with E-state index < -0.39 is 0 Å². The molecular weight excluding hydrogens is 738 g/mol. The first-order valence-electron chi connectivity index (χ1n) is 19.5. The van der Waals surface area contributed by atoms with Gasteiger partial charge in [0.25, 0.3) is 0 Å². The van der Waals surface area contributed by atoms with Crippen molar-refractivity contribution in [1.82, 2.24) is 4.57 Å². The van der Waals surface area contributed by atoms with Crippen LogP contribution in [0.3, 0.4) is 0 Å². The molecule has 0 N–H and O–H groups in total. The molecular formula is C50H38BNOS3. The van der Waals surface area contributed by atoms with Gasteiger partial charge in [0.1, 0.15) is 11.2 Å². The van der Waals surface area contributed by atoms with Crippen LogP contribution in [0.4, 0.5) is 0 Å². The number of aromatic nitrogens is 1. The molecule has 2 aliphatic heterocycles. The van der Waals surface area contributed by atoms with Gasteiger partial charge in [-0.2, -0.15) is 0 Å². The van der Waals surface area contributed by atoms with Gasteiger partial charge in [0.15, 0.2) is 0 Å². The van der Waals surface area contributed by atoms with Crippen LogP contribution in [0.5, 0.6) is 0 Å². The Balaban J connectivity index is 1.20. The van der Waals surface area contributed by atoms with Gasteiger partial charge in [-0.05, 0) is 69.9 Å². The van der Waals surface area contributed by atoms with Crippen LogP contribution < -0.4 is 16.4 Å². The number of thiophene rings is 1. The van der Waals surface area contributed by atoms with E-state index in [9.17, 15) is 0 Å². The third-order valence-electron chi connectivity index (χ3n) is 12.2. The van der Waals surface area contributed by atoms with Crippen molar-refractivity contribution in [2.45, 2.75) is 72.0 Å². The maximum absolute atomic E-state index is 6.92. The Kier molecular flexibility index (Phi) is 6.76. The zero-order chi connectivity index (χ0) is 37.8. The molecule has 10 aromatic rings. The van der Waals surface area contributed by atoms with E-state index >= 15 is 0 Å². The van der Waals surface area contributed by atoms with Gasteiger partial charge in [0.2, 0.25) is 6.71 Å². The number of rotatable bonds is 1. The lowest BCUT2D eigenvalue weighted by Crippen LogP contribution is -2.58. The van der Waals surface area contributed by atoms with Gasteiger partial charge in [0.05, 0.1) is 16.4 Å². The number of nitrogens with zero attached hydrogens (tertiary/aromatic N) is 1. The van der Waals surface area contributed by atoms with E-state index in [2.05, 4.69) is 167 Å². The first kappa shape index (κ1) is 33.3. The largest absolute Gasteiger partial charge is 0.455 e. The Hall–Kier alpha value is -4.88. The molecule has 12 rings (SSSR count). The molecule has 2 aliphatic rings. The summed E-state index contributed by atoms with van der Waals surface area (Å²) in [5, 5.41) is 7.40. The summed E-state index contributed by atoms with van der Waals surface area (Å²) >= 11 is 5.78. The molecule has 0 unspecified atom stereocenters. The molecule has 5 heterocycles. The summed E-state index contributed by atoms with van der Waals surface area (Å²) in [4.78, 5) is 5.41. The number of hydrogen-bond acceptors (Lipinski definition) is 4. The highest BCUT2D eigenvalue weighted by atomic mass is 32.2. The molecule has 270 valence electrons. The van der Waals surface area contributed by atoms with Crippen molar-refractivity contribution >= 4 is 122 Å².